The summed E-state index contributed by atoms with van der Waals surface area (Å²) in [5, 5.41) is 0. The number of carbonyl (C=O) groups excluding carboxylic acids is 1. The van der Waals surface area contributed by atoms with Crippen LogP contribution in [0.25, 0.3) is 0 Å². The lowest BCUT2D eigenvalue weighted by Gasteiger charge is -2.08. The maximum Gasteiger partial charge on any atom is 0.274 e. The van der Waals surface area contributed by atoms with Gasteiger partial charge in [0.25, 0.3) is 5.91 Å². The molecule has 0 saturated heterocycles. The Hall–Kier alpha value is -3.11. The lowest BCUT2D eigenvalue weighted by molar-refractivity contribution is 0.0233. The first-order chi connectivity index (χ1) is 11.8. The molecule has 120 valence electrons. The molecule has 0 aromatic heterocycles. The van der Waals surface area contributed by atoms with Crippen molar-refractivity contribution in [1.82, 2.24) is 5.48 Å². The number of nitrogens with one attached hydrogen (secondary N) is 1. The molecule has 4 heteroatoms. The molecule has 0 aliphatic heterocycles. The van der Waals surface area contributed by atoms with Crippen LogP contribution in [0.2, 0.25) is 0 Å². The summed E-state index contributed by atoms with van der Waals surface area (Å²) in [6.45, 7) is 0.321. The predicted octanol–water partition coefficient (Wildman–Crippen LogP) is 4.34. The Balaban J connectivity index is 1.52. The monoisotopic (exact) mass is 319 g/mol. The maximum atomic E-state index is 12.0. The minimum Gasteiger partial charge on any atom is -0.457 e. The van der Waals surface area contributed by atoms with Gasteiger partial charge in [-0.3, -0.25) is 9.63 Å². The largest absolute Gasteiger partial charge is 0.457 e. The molecule has 3 rings (SSSR count). The van der Waals surface area contributed by atoms with Crippen molar-refractivity contribution in [2.75, 3.05) is 0 Å². The number of amides is 1. The van der Waals surface area contributed by atoms with E-state index in [9.17, 15) is 4.79 Å². The number of ether oxygens (including phenoxy) is 1. The standard InChI is InChI=1S/C20H17NO3/c22-20(21-23-15-16-7-3-1-4-8-16)17-11-13-19(14-12-17)24-18-9-5-2-6-10-18/h1-14H,15H2,(H,21,22). The summed E-state index contributed by atoms with van der Waals surface area (Å²) in [7, 11) is 0. The number of para-hydroxylation sites is 1. The molecular weight excluding hydrogens is 302 g/mol. The molecule has 0 heterocycles. The molecule has 0 bridgehead atoms. The van der Waals surface area contributed by atoms with Crippen molar-refractivity contribution in [3.8, 4) is 11.5 Å². The van der Waals surface area contributed by atoms with Gasteiger partial charge in [-0.25, -0.2) is 5.48 Å². The van der Waals surface area contributed by atoms with E-state index in [0.717, 1.165) is 11.3 Å². The number of benzene rings is 3. The summed E-state index contributed by atoms with van der Waals surface area (Å²) in [6.07, 6.45) is 0. The molecular formula is C20H17NO3. The molecule has 1 N–H and O–H groups in total. The highest BCUT2D eigenvalue weighted by Crippen LogP contribution is 2.21. The summed E-state index contributed by atoms with van der Waals surface area (Å²) < 4.78 is 5.69. The fourth-order valence-electron chi connectivity index (χ4n) is 2.12. The number of hydrogen-bond acceptors (Lipinski definition) is 3. The summed E-state index contributed by atoms with van der Waals surface area (Å²) in [6, 6.07) is 26.0. The molecule has 24 heavy (non-hydrogen) atoms. The quantitative estimate of drug-likeness (QED) is 0.688. The molecule has 0 aliphatic carbocycles. The first kappa shape index (κ1) is 15.8. The van der Waals surface area contributed by atoms with Gasteiger partial charge in [-0.05, 0) is 42.0 Å². The molecule has 0 fully saturated rings. The van der Waals surface area contributed by atoms with Gasteiger partial charge in [0.1, 0.15) is 11.5 Å². The topological polar surface area (TPSA) is 47.6 Å². The lowest BCUT2D eigenvalue weighted by Crippen LogP contribution is -2.23. The van der Waals surface area contributed by atoms with Gasteiger partial charge in [-0.15, -0.1) is 0 Å². The van der Waals surface area contributed by atoms with Gasteiger partial charge in [-0.2, -0.15) is 0 Å². The van der Waals surface area contributed by atoms with Crippen molar-refractivity contribution in [3.05, 3.63) is 96.1 Å². The van der Waals surface area contributed by atoms with Gasteiger partial charge in [0.15, 0.2) is 0 Å². The Morgan fingerprint density at radius 1 is 0.750 bits per heavy atom. The number of rotatable bonds is 6. The smallest absolute Gasteiger partial charge is 0.274 e. The normalized spacial score (nSPS) is 10.2. The van der Waals surface area contributed by atoms with E-state index in [0.29, 0.717) is 17.9 Å². The van der Waals surface area contributed by atoms with Crippen LogP contribution in [0.15, 0.2) is 84.9 Å². The Morgan fingerprint density at radius 3 is 2.00 bits per heavy atom. The van der Waals surface area contributed by atoms with E-state index >= 15 is 0 Å². The molecule has 0 spiro atoms. The molecule has 0 aliphatic rings. The fourth-order valence-corrected chi connectivity index (χ4v) is 2.12. The van der Waals surface area contributed by atoms with Crippen LogP contribution in [-0.2, 0) is 11.4 Å². The van der Waals surface area contributed by atoms with E-state index in [-0.39, 0.29) is 5.91 Å². The first-order valence-electron chi connectivity index (χ1n) is 7.60. The second-order valence-electron chi connectivity index (χ2n) is 5.14. The van der Waals surface area contributed by atoms with Gasteiger partial charge < -0.3 is 4.74 Å². The van der Waals surface area contributed by atoms with Crippen LogP contribution in [0.5, 0.6) is 11.5 Å². The third-order valence-corrected chi connectivity index (χ3v) is 3.34. The van der Waals surface area contributed by atoms with Crippen molar-refractivity contribution in [2.24, 2.45) is 0 Å². The highest BCUT2D eigenvalue weighted by atomic mass is 16.6. The molecule has 3 aromatic rings. The Kier molecular flexibility index (Phi) is 5.22. The first-order valence-corrected chi connectivity index (χ1v) is 7.60. The molecule has 3 aromatic carbocycles. The van der Waals surface area contributed by atoms with Gasteiger partial charge in [0.2, 0.25) is 0 Å². The van der Waals surface area contributed by atoms with Crippen LogP contribution in [-0.4, -0.2) is 5.91 Å². The van der Waals surface area contributed by atoms with Crippen LogP contribution in [0.1, 0.15) is 15.9 Å². The second kappa shape index (κ2) is 7.94. The van der Waals surface area contributed by atoms with Crippen molar-refractivity contribution in [3.63, 3.8) is 0 Å². The maximum absolute atomic E-state index is 12.0. The minimum atomic E-state index is -0.294. The predicted molar refractivity (Wildman–Crippen MR) is 91.7 cm³/mol. The second-order valence-corrected chi connectivity index (χ2v) is 5.14. The zero-order chi connectivity index (χ0) is 16.6. The number of hydrogen-bond donors (Lipinski definition) is 1. The zero-order valence-corrected chi connectivity index (χ0v) is 13.0. The van der Waals surface area contributed by atoms with Crippen molar-refractivity contribution in [2.45, 2.75) is 6.61 Å². The minimum absolute atomic E-state index is 0.294. The average Bonchev–Trinajstić information content (AvgIpc) is 2.64. The van der Waals surface area contributed by atoms with E-state index in [4.69, 9.17) is 9.57 Å². The van der Waals surface area contributed by atoms with E-state index in [1.54, 1.807) is 24.3 Å². The van der Waals surface area contributed by atoms with Crippen LogP contribution in [0.4, 0.5) is 0 Å². The Bertz CT molecular complexity index is 771. The summed E-state index contributed by atoms with van der Waals surface area (Å²) in [4.78, 5) is 17.3. The third kappa shape index (κ3) is 4.44. The van der Waals surface area contributed by atoms with Gasteiger partial charge in [0, 0.05) is 5.56 Å². The van der Waals surface area contributed by atoms with Crippen molar-refractivity contribution >= 4 is 5.91 Å². The molecule has 1 amide bonds. The van der Waals surface area contributed by atoms with Crippen LogP contribution >= 0.6 is 0 Å². The zero-order valence-electron chi connectivity index (χ0n) is 13.0. The van der Waals surface area contributed by atoms with Crippen LogP contribution in [0.3, 0.4) is 0 Å². The highest BCUT2D eigenvalue weighted by Gasteiger charge is 2.06. The van der Waals surface area contributed by atoms with Crippen molar-refractivity contribution in [1.29, 1.82) is 0 Å². The van der Waals surface area contributed by atoms with E-state index in [1.807, 2.05) is 60.7 Å². The third-order valence-electron chi connectivity index (χ3n) is 3.34. The van der Waals surface area contributed by atoms with Gasteiger partial charge in [-0.1, -0.05) is 48.5 Å². The number of hydroxylamine groups is 1. The Morgan fingerprint density at radius 2 is 1.33 bits per heavy atom. The SMILES string of the molecule is O=C(NOCc1ccccc1)c1ccc(Oc2ccccc2)cc1. The van der Waals surface area contributed by atoms with E-state index in [1.165, 1.54) is 0 Å². The van der Waals surface area contributed by atoms with Crippen LogP contribution < -0.4 is 10.2 Å². The number of carbonyl (C=O) groups is 1. The Labute approximate surface area is 140 Å². The summed E-state index contributed by atoms with van der Waals surface area (Å²) in [5.41, 5.74) is 3.93. The van der Waals surface area contributed by atoms with E-state index in [2.05, 4.69) is 5.48 Å². The van der Waals surface area contributed by atoms with E-state index < -0.39 is 0 Å². The van der Waals surface area contributed by atoms with Crippen LogP contribution in [0, 0.1) is 0 Å². The molecule has 4 nitrogen and oxygen atoms in total. The molecule has 0 unspecified atom stereocenters. The molecule has 0 saturated carbocycles. The van der Waals surface area contributed by atoms with Gasteiger partial charge in [0.05, 0.1) is 6.61 Å². The van der Waals surface area contributed by atoms with Gasteiger partial charge >= 0.3 is 0 Å². The molecule has 0 atom stereocenters. The van der Waals surface area contributed by atoms with Crippen molar-refractivity contribution < 1.29 is 14.4 Å². The fraction of sp³-hybridized carbons (Fsp3) is 0.0500. The highest BCUT2D eigenvalue weighted by molar-refractivity contribution is 5.93. The summed E-state index contributed by atoms with van der Waals surface area (Å²) >= 11 is 0. The molecule has 0 radical (unpaired) electrons. The summed E-state index contributed by atoms with van der Waals surface area (Å²) in [5.74, 6) is 1.13. The average molecular weight is 319 g/mol. The lowest BCUT2D eigenvalue weighted by atomic mass is 10.2.